The normalized spacial score (nSPS) is 13.2. The molecule has 0 saturated carbocycles. The van der Waals surface area contributed by atoms with Crippen LogP contribution in [0, 0.1) is 6.92 Å². The lowest BCUT2D eigenvalue weighted by atomic mass is 10.1. The van der Waals surface area contributed by atoms with Gasteiger partial charge in [0.2, 0.25) is 5.91 Å². The molecule has 9 heteroatoms. The van der Waals surface area contributed by atoms with Crippen LogP contribution in [-0.2, 0) is 11.0 Å². The number of aromatic nitrogens is 3. The summed E-state index contributed by atoms with van der Waals surface area (Å²) in [7, 11) is 0. The first-order valence-electron chi connectivity index (χ1n) is 6.83. The lowest BCUT2D eigenvalue weighted by Gasteiger charge is -2.13. The SMILES string of the molecule is Cc1cc(C(F)(F)F)nc(C(C(N)=O)c2nc3ccccc3s2)n1. The topological polar surface area (TPSA) is 81.8 Å². The smallest absolute Gasteiger partial charge is 0.369 e. The number of nitrogens with two attached hydrogens (primary N) is 1. The summed E-state index contributed by atoms with van der Waals surface area (Å²) in [5, 5.41) is 0.266. The van der Waals surface area contributed by atoms with E-state index in [0.717, 1.165) is 10.8 Å². The largest absolute Gasteiger partial charge is 0.433 e. The summed E-state index contributed by atoms with van der Waals surface area (Å²) in [4.78, 5) is 23.6. The van der Waals surface area contributed by atoms with Gasteiger partial charge in [0.25, 0.3) is 0 Å². The highest BCUT2D eigenvalue weighted by atomic mass is 32.1. The van der Waals surface area contributed by atoms with Crippen LogP contribution in [-0.4, -0.2) is 20.9 Å². The van der Waals surface area contributed by atoms with Crippen LogP contribution in [0.15, 0.2) is 30.3 Å². The standard InChI is InChI=1S/C15H11F3N4OS/c1-7-6-10(15(16,17)18)22-13(20-7)11(12(19)23)14-21-8-4-2-3-5-9(8)24-14/h2-6,11H,1H3,(H2,19,23). The van der Waals surface area contributed by atoms with Gasteiger partial charge in [0, 0.05) is 5.69 Å². The van der Waals surface area contributed by atoms with Crippen molar-refractivity contribution in [3.8, 4) is 0 Å². The predicted octanol–water partition coefficient (Wildman–Crippen LogP) is 3.03. The molecule has 0 aliphatic heterocycles. The molecule has 24 heavy (non-hydrogen) atoms. The molecule has 3 rings (SSSR count). The highest BCUT2D eigenvalue weighted by molar-refractivity contribution is 7.18. The van der Waals surface area contributed by atoms with Gasteiger partial charge in [-0.3, -0.25) is 4.79 Å². The second-order valence-corrected chi connectivity index (χ2v) is 6.17. The number of rotatable bonds is 3. The van der Waals surface area contributed by atoms with E-state index in [-0.39, 0.29) is 16.5 Å². The zero-order chi connectivity index (χ0) is 17.5. The Kier molecular flexibility index (Phi) is 3.96. The molecule has 3 aromatic rings. The van der Waals surface area contributed by atoms with Crippen molar-refractivity contribution in [1.29, 1.82) is 0 Å². The van der Waals surface area contributed by atoms with Crippen LogP contribution in [0.2, 0.25) is 0 Å². The number of carbonyl (C=O) groups excluding carboxylic acids is 1. The molecule has 1 aromatic carbocycles. The second kappa shape index (κ2) is 5.82. The Morgan fingerprint density at radius 3 is 2.54 bits per heavy atom. The average Bonchev–Trinajstić information content (AvgIpc) is 2.88. The van der Waals surface area contributed by atoms with E-state index in [2.05, 4.69) is 15.0 Å². The van der Waals surface area contributed by atoms with Crippen molar-refractivity contribution in [2.75, 3.05) is 0 Å². The van der Waals surface area contributed by atoms with Gasteiger partial charge < -0.3 is 5.73 Å². The Balaban J connectivity index is 2.15. The molecule has 0 aliphatic rings. The Hall–Kier alpha value is -2.55. The van der Waals surface area contributed by atoms with E-state index < -0.39 is 23.7 Å². The van der Waals surface area contributed by atoms with Crippen LogP contribution in [0.1, 0.15) is 28.1 Å². The van der Waals surface area contributed by atoms with Crippen molar-refractivity contribution in [1.82, 2.24) is 15.0 Å². The number of amides is 1. The number of fused-ring (bicyclic) bond motifs is 1. The molecule has 0 spiro atoms. The summed E-state index contributed by atoms with van der Waals surface area (Å²) in [6.07, 6.45) is -4.64. The first kappa shape index (κ1) is 16.3. The molecule has 0 aliphatic carbocycles. The minimum Gasteiger partial charge on any atom is -0.369 e. The van der Waals surface area contributed by atoms with Crippen LogP contribution < -0.4 is 5.73 Å². The number of nitrogens with zero attached hydrogens (tertiary/aromatic N) is 3. The number of benzene rings is 1. The maximum atomic E-state index is 13.0. The fraction of sp³-hybridized carbons (Fsp3) is 0.200. The van der Waals surface area contributed by atoms with Crippen molar-refractivity contribution >= 4 is 27.5 Å². The predicted molar refractivity (Wildman–Crippen MR) is 82.4 cm³/mol. The number of hydrogen-bond donors (Lipinski definition) is 1. The lowest BCUT2D eigenvalue weighted by Crippen LogP contribution is -2.25. The van der Waals surface area contributed by atoms with Crippen LogP contribution >= 0.6 is 11.3 Å². The zero-order valence-electron chi connectivity index (χ0n) is 12.3. The lowest BCUT2D eigenvalue weighted by molar-refractivity contribution is -0.141. The summed E-state index contributed by atoms with van der Waals surface area (Å²) in [5.41, 5.74) is 5.01. The minimum atomic E-state index is -4.64. The van der Waals surface area contributed by atoms with Crippen LogP contribution in [0.5, 0.6) is 0 Å². The van der Waals surface area contributed by atoms with Crippen molar-refractivity contribution in [2.45, 2.75) is 19.0 Å². The van der Waals surface area contributed by atoms with E-state index in [0.29, 0.717) is 5.52 Å². The number of hydrogen-bond acceptors (Lipinski definition) is 5. The van der Waals surface area contributed by atoms with Gasteiger partial charge in [0.05, 0.1) is 10.2 Å². The van der Waals surface area contributed by atoms with Crippen molar-refractivity contribution < 1.29 is 18.0 Å². The van der Waals surface area contributed by atoms with Gasteiger partial charge in [0.15, 0.2) is 0 Å². The van der Waals surface area contributed by atoms with Gasteiger partial charge in [-0.05, 0) is 25.1 Å². The molecule has 2 heterocycles. The number of carbonyl (C=O) groups is 1. The third-order valence-corrected chi connectivity index (χ3v) is 4.36. The Morgan fingerprint density at radius 1 is 1.21 bits per heavy atom. The van der Waals surface area contributed by atoms with Crippen LogP contribution in [0.25, 0.3) is 10.2 Å². The van der Waals surface area contributed by atoms with Crippen LogP contribution in [0.4, 0.5) is 13.2 Å². The molecule has 0 fully saturated rings. The summed E-state index contributed by atoms with van der Waals surface area (Å²) in [6.45, 7) is 1.40. The van der Waals surface area contributed by atoms with Crippen molar-refractivity contribution in [3.05, 3.63) is 52.6 Å². The molecule has 2 N–H and O–H groups in total. The molecule has 0 bridgehead atoms. The zero-order valence-corrected chi connectivity index (χ0v) is 13.1. The van der Waals surface area contributed by atoms with Gasteiger partial charge in [-0.25, -0.2) is 15.0 Å². The van der Waals surface area contributed by atoms with Crippen molar-refractivity contribution in [2.24, 2.45) is 5.73 Å². The maximum absolute atomic E-state index is 13.0. The van der Waals surface area contributed by atoms with E-state index in [1.54, 1.807) is 24.3 Å². The third-order valence-electron chi connectivity index (χ3n) is 3.26. The van der Waals surface area contributed by atoms with Crippen LogP contribution in [0.3, 0.4) is 0 Å². The summed E-state index contributed by atoms with van der Waals surface area (Å²) >= 11 is 1.17. The number of primary amides is 1. The molecule has 1 amide bonds. The Bertz CT molecular complexity index is 889. The van der Waals surface area contributed by atoms with E-state index in [4.69, 9.17) is 5.73 Å². The highest BCUT2D eigenvalue weighted by Gasteiger charge is 2.35. The van der Waals surface area contributed by atoms with Gasteiger partial charge in [-0.15, -0.1) is 11.3 Å². The van der Waals surface area contributed by atoms with Gasteiger partial charge in [-0.2, -0.15) is 13.2 Å². The molecule has 5 nitrogen and oxygen atoms in total. The fourth-order valence-corrected chi connectivity index (χ4v) is 3.31. The summed E-state index contributed by atoms with van der Waals surface area (Å²) < 4.78 is 39.7. The molecule has 0 radical (unpaired) electrons. The Morgan fingerprint density at radius 2 is 1.92 bits per heavy atom. The van der Waals surface area contributed by atoms with Gasteiger partial charge in [0.1, 0.15) is 22.4 Å². The van der Waals surface area contributed by atoms with E-state index in [9.17, 15) is 18.0 Å². The number of alkyl halides is 3. The molecular formula is C15H11F3N4OS. The second-order valence-electron chi connectivity index (χ2n) is 5.11. The van der Waals surface area contributed by atoms with E-state index >= 15 is 0 Å². The number of para-hydroxylation sites is 1. The third kappa shape index (κ3) is 3.07. The van der Waals surface area contributed by atoms with Gasteiger partial charge in [-0.1, -0.05) is 12.1 Å². The highest BCUT2D eigenvalue weighted by Crippen LogP contribution is 2.33. The number of thiazole rings is 1. The average molecular weight is 352 g/mol. The molecule has 0 saturated heterocycles. The number of aryl methyl sites for hydroxylation is 1. The summed E-state index contributed by atoms with van der Waals surface area (Å²) in [5.74, 6) is -2.38. The molecular weight excluding hydrogens is 341 g/mol. The number of halogens is 3. The summed E-state index contributed by atoms with van der Waals surface area (Å²) in [6, 6.07) is 7.93. The Labute approximate surface area is 138 Å². The van der Waals surface area contributed by atoms with E-state index in [1.807, 2.05) is 0 Å². The molecule has 1 atom stereocenters. The maximum Gasteiger partial charge on any atom is 0.433 e. The quantitative estimate of drug-likeness (QED) is 0.785. The molecule has 1 unspecified atom stereocenters. The van der Waals surface area contributed by atoms with Gasteiger partial charge >= 0.3 is 6.18 Å². The first-order valence-corrected chi connectivity index (χ1v) is 7.65. The van der Waals surface area contributed by atoms with Crippen molar-refractivity contribution in [3.63, 3.8) is 0 Å². The fourth-order valence-electron chi connectivity index (χ4n) is 2.24. The van der Waals surface area contributed by atoms with E-state index in [1.165, 1.54) is 18.3 Å². The molecule has 124 valence electrons. The molecule has 2 aromatic heterocycles. The minimum absolute atomic E-state index is 0.0969. The monoisotopic (exact) mass is 352 g/mol. The first-order chi connectivity index (χ1) is 11.3.